The zero-order valence-electron chi connectivity index (χ0n) is 18.8. The number of esters is 1. The largest absolute Gasteiger partial charge is 0.452 e. The van der Waals surface area contributed by atoms with Gasteiger partial charge >= 0.3 is 5.97 Å². The van der Waals surface area contributed by atoms with Crippen molar-refractivity contribution in [1.29, 1.82) is 0 Å². The number of hydrogen-bond donors (Lipinski definition) is 3. The number of nitro groups is 1. The van der Waals surface area contributed by atoms with Crippen LogP contribution in [0.25, 0.3) is 0 Å². The van der Waals surface area contributed by atoms with Crippen molar-refractivity contribution in [2.24, 2.45) is 0 Å². The van der Waals surface area contributed by atoms with E-state index in [-0.39, 0.29) is 21.7 Å². The van der Waals surface area contributed by atoms with Crippen molar-refractivity contribution in [1.82, 2.24) is 10.9 Å². The Kier molecular flexibility index (Phi) is 7.96. The van der Waals surface area contributed by atoms with E-state index in [9.17, 15) is 32.9 Å². The van der Waals surface area contributed by atoms with Gasteiger partial charge in [0.25, 0.3) is 27.5 Å². The monoisotopic (exact) mass is 512 g/mol. The number of hydrazine groups is 1. The molecule has 12 nitrogen and oxygen atoms in total. The van der Waals surface area contributed by atoms with Crippen molar-refractivity contribution in [3.8, 4) is 0 Å². The summed E-state index contributed by atoms with van der Waals surface area (Å²) in [5.74, 6) is -2.69. The summed E-state index contributed by atoms with van der Waals surface area (Å²) < 4.78 is 32.6. The number of nitro benzene ring substituents is 1. The molecule has 186 valence electrons. The van der Waals surface area contributed by atoms with E-state index in [1.54, 1.807) is 18.2 Å². The van der Waals surface area contributed by atoms with E-state index in [1.165, 1.54) is 36.4 Å². The van der Waals surface area contributed by atoms with Crippen LogP contribution in [0.5, 0.6) is 0 Å². The highest BCUT2D eigenvalue weighted by molar-refractivity contribution is 7.92. The normalized spacial score (nSPS) is 10.7. The van der Waals surface area contributed by atoms with Crippen molar-refractivity contribution in [2.45, 2.75) is 11.8 Å². The molecular formula is C23H20N4O8S. The van der Waals surface area contributed by atoms with E-state index in [4.69, 9.17) is 4.74 Å². The summed E-state index contributed by atoms with van der Waals surface area (Å²) in [4.78, 5) is 46.2. The molecule has 0 aliphatic carbocycles. The Morgan fingerprint density at radius 2 is 1.61 bits per heavy atom. The summed E-state index contributed by atoms with van der Waals surface area (Å²) >= 11 is 0. The van der Waals surface area contributed by atoms with Gasteiger partial charge in [0.05, 0.1) is 15.4 Å². The number of rotatable bonds is 8. The van der Waals surface area contributed by atoms with Crippen molar-refractivity contribution in [3.05, 3.63) is 99.6 Å². The Bertz CT molecular complexity index is 1440. The number of non-ortho nitro benzene ring substituents is 1. The zero-order chi connectivity index (χ0) is 26.3. The number of hydrogen-bond acceptors (Lipinski definition) is 8. The van der Waals surface area contributed by atoms with Crippen LogP contribution in [-0.2, 0) is 19.6 Å². The van der Waals surface area contributed by atoms with Crippen LogP contribution < -0.4 is 15.6 Å². The molecule has 0 saturated carbocycles. The van der Waals surface area contributed by atoms with Gasteiger partial charge in [0.15, 0.2) is 6.61 Å². The number of anilines is 1. The Morgan fingerprint density at radius 3 is 2.33 bits per heavy atom. The van der Waals surface area contributed by atoms with E-state index >= 15 is 0 Å². The fraction of sp³-hybridized carbons (Fsp3) is 0.0870. The highest BCUT2D eigenvalue weighted by atomic mass is 32.2. The van der Waals surface area contributed by atoms with E-state index < -0.39 is 39.3 Å². The number of benzene rings is 3. The van der Waals surface area contributed by atoms with Gasteiger partial charge in [0, 0.05) is 23.4 Å². The fourth-order valence-corrected chi connectivity index (χ4v) is 4.02. The third kappa shape index (κ3) is 6.87. The second-order valence-electron chi connectivity index (χ2n) is 7.39. The molecule has 0 aliphatic heterocycles. The van der Waals surface area contributed by atoms with Crippen LogP contribution in [0.2, 0.25) is 0 Å². The Hall–Kier alpha value is -4.78. The molecule has 0 radical (unpaired) electrons. The molecule has 0 heterocycles. The lowest BCUT2D eigenvalue weighted by molar-refractivity contribution is -0.384. The number of sulfonamides is 1. The predicted octanol–water partition coefficient (Wildman–Crippen LogP) is 2.32. The quantitative estimate of drug-likeness (QED) is 0.234. The first-order chi connectivity index (χ1) is 17.0. The molecule has 0 unspecified atom stereocenters. The third-order valence-electron chi connectivity index (χ3n) is 4.62. The van der Waals surface area contributed by atoms with Crippen LogP contribution >= 0.6 is 0 Å². The van der Waals surface area contributed by atoms with Crippen LogP contribution in [0, 0.1) is 17.0 Å². The summed E-state index contributed by atoms with van der Waals surface area (Å²) in [6.07, 6.45) is 0. The maximum Gasteiger partial charge on any atom is 0.338 e. The number of amides is 2. The van der Waals surface area contributed by atoms with E-state index in [0.29, 0.717) is 5.69 Å². The van der Waals surface area contributed by atoms with Crippen molar-refractivity contribution < 1.29 is 32.5 Å². The van der Waals surface area contributed by atoms with Gasteiger partial charge in [-0.2, -0.15) is 0 Å². The SMILES string of the molecule is Cc1cccc(NS(=O)(=O)c2cccc(C(=O)OCC(=O)NNC(=O)c3cccc([N+](=O)[O-])c3)c2)c1. The molecule has 3 N–H and O–H groups in total. The molecule has 0 fully saturated rings. The maximum atomic E-state index is 12.7. The second kappa shape index (κ2) is 11.1. The number of carbonyl (C=O) groups excluding carboxylic acids is 3. The van der Waals surface area contributed by atoms with Crippen LogP contribution in [0.15, 0.2) is 77.7 Å². The van der Waals surface area contributed by atoms with Crippen molar-refractivity contribution in [3.63, 3.8) is 0 Å². The number of nitrogens with zero attached hydrogens (tertiary/aromatic N) is 1. The number of ether oxygens (including phenoxy) is 1. The van der Waals surface area contributed by atoms with Crippen LogP contribution in [0.3, 0.4) is 0 Å². The summed E-state index contributed by atoms with van der Waals surface area (Å²) in [7, 11) is -4.00. The summed E-state index contributed by atoms with van der Waals surface area (Å²) in [5, 5.41) is 10.8. The van der Waals surface area contributed by atoms with Crippen LogP contribution in [-0.4, -0.2) is 37.7 Å². The molecule has 36 heavy (non-hydrogen) atoms. The first kappa shape index (κ1) is 25.8. The zero-order valence-corrected chi connectivity index (χ0v) is 19.6. The van der Waals surface area contributed by atoms with Crippen molar-refractivity contribution in [2.75, 3.05) is 11.3 Å². The summed E-state index contributed by atoms with van der Waals surface area (Å²) in [6.45, 7) is 1.02. The van der Waals surface area contributed by atoms with Gasteiger partial charge in [-0.3, -0.25) is 35.3 Å². The molecule has 0 atom stereocenters. The highest BCUT2D eigenvalue weighted by Gasteiger charge is 2.18. The van der Waals surface area contributed by atoms with Gasteiger partial charge in [0.2, 0.25) is 0 Å². The number of carbonyl (C=O) groups is 3. The summed E-state index contributed by atoms with van der Waals surface area (Å²) in [6, 6.07) is 16.6. The maximum absolute atomic E-state index is 12.7. The van der Waals surface area contributed by atoms with E-state index in [1.807, 2.05) is 23.8 Å². The molecular weight excluding hydrogens is 492 g/mol. The minimum atomic E-state index is -4.00. The lowest BCUT2D eigenvalue weighted by atomic mass is 10.2. The highest BCUT2D eigenvalue weighted by Crippen LogP contribution is 2.18. The van der Waals surface area contributed by atoms with Gasteiger partial charge < -0.3 is 4.74 Å². The van der Waals surface area contributed by atoms with Crippen LogP contribution in [0.1, 0.15) is 26.3 Å². The standard InChI is InChI=1S/C23H20N4O8S/c1-15-5-2-8-18(11-15)26-36(33,34)20-10-4-7-17(13-20)23(30)35-14-21(28)24-25-22(29)16-6-3-9-19(12-16)27(31)32/h2-13,26H,14H2,1H3,(H,24,28)(H,25,29). The van der Waals surface area contributed by atoms with Gasteiger partial charge in [-0.05, 0) is 48.9 Å². The molecule has 0 spiro atoms. The minimum Gasteiger partial charge on any atom is -0.452 e. The van der Waals surface area contributed by atoms with Gasteiger partial charge in [-0.25, -0.2) is 13.2 Å². The smallest absolute Gasteiger partial charge is 0.338 e. The number of nitrogens with one attached hydrogen (secondary N) is 3. The minimum absolute atomic E-state index is 0.0706. The first-order valence-electron chi connectivity index (χ1n) is 10.3. The lowest BCUT2D eigenvalue weighted by Crippen LogP contribution is -2.43. The molecule has 2 amide bonds. The molecule has 0 aromatic heterocycles. The topological polar surface area (TPSA) is 174 Å². The average Bonchev–Trinajstić information content (AvgIpc) is 2.85. The third-order valence-corrected chi connectivity index (χ3v) is 6.00. The van der Waals surface area contributed by atoms with E-state index in [0.717, 1.165) is 17.7 Å². The molecule has 0 aliphatic rings. The van der Waals surface area contributed by atoms with Crippen LogP contribution in [0.4, 0.5) is 11.4 Å². The molecule has 3 aromatic carbocycles. The average molecular weight is 513 g/mol. The Morgan fingerprint density at radius 1 is 0.917 bits per heavy atom. The van der Waals surface area contributed by atoms with Gasteiger partial charge in [0.1, 0.15) is 0 Å². The van der Waals surface area contributed by atoms with E-state index in [2.05, 4.69) is 4.72 Å². The number of aryl methyl sites for hydroxylation is 1. The molecule has 3 aromatic rings. The predicted molar refractivity (Wildman–Crippen MR) is 127 cm³/mol. The van der Waals surface area contributed by atoms with Gasteiger partial charge in [-0.15, -0.1) is 0 Å². The second-order valence-corrected chi connectivity index (χ2v) is 9.07. The molecule has 3 rings (SSSR count). The van der Waals surface area contributed by atoms with Crippen molar-refractivity contribution >= 4 is 39.2 Å². The summed E-state index contributed by atoms with van der Waals surface area (Å²) in [5.41, 5.74) is 4.77. The molecule has 0 bridgehead atoms. The Balaban J connectivity index is 1.56. The lowest BCUT2D eigenvalue weighted by Gasteiger charge is -2.10. The van der Waals surface area contributed by atoms with Gasteiger partial charge in [-0.1, -0.05) is 24.3 Å². The fourth-order valence-electron chi connectivity index (χ4n) is 2.92. The molecule has 13 heteroatoms. The Labute approximate surface area is 205 Å². The molecule has 0 saturated heterocycles. The first-order valence-corrected chi connectivity index (χ1v) is 11.7.